The fourth-order valence-electron chi connectivity index (χ4n) is 2.17. The molecular formula is C15H21ClN4OS. The second-order valence-corrected chi connectivity index (χ2v) is 6.38. The number of methoxy groups -OCH3 is 1. The fraction of sp³-hybridized carbons (Fsp3) is 0.533. The van der Waals surface area contributed by atoms with Crippen LogP contribution < -0.4 is 4.90 Å². The standard InChI is InChI=1S/C15H21ClN4OS/c1-6-12-13(16)17-10(3)18-14(12)20(4)7-11-8-22-15(19-11)9(2)21-5/h8-9H,6-7H2,1-5H3. The smallest absolute Gasteiger partial charge is 0.138 e. The molecule has 0 spiro atoms. The van der Waals surface area contributed by atoms with Crippen molar-refractivity contribution in [1.82, 2.24) is 15.0 Å². The number of halogens is 1. The minimum absolute atomic E-state index is 0.0194. The Bertz CT molecular complexity index is 646. The molecular weight excluding hydrogens is 320 g/mol. The van der Waals surface area contributed by atoms with Gasteiger partial charge in [-0.15, -0.1) is 11.3 Å². The summed E-state index contributed by atoms with van der Waals surface area (Å²) in [7, 11) is 3.69. The summed E-state index contributed by atoms with van der Waals surface area (Å²) in [5, 5.41) is 3.57. The highest BCUT2D eigenvalue weighted by molar-refractivity contribution is 7.09. The van der Waals surface area contributed by atoms with Gasteiger partial charge in [0.2, 0.25) is 0 Å². The van der Waals surface area contributed by atoms with Gasteiger partial charge in [0.1, 0.15) is 27.9 Å². The lowest BCUT2D eigenvalue weighted by atomic mass is 10.2. The molecule has 0 amide bonds. The molecule has 2 heterocycles. The number of nitrogens with zero attached hydrogens (tertiary/aromatic N) is 4. The maximum atomic E-state index is 6.24. The fourth-order valence-corrected chi connectivity index (χ4v) is 3.35. The van der Waals surface area contributed by atoms with Gasteiger partial charge in [-0.05, 0) is 20.3 Å². The lowest BCUT2D eigenvalue weighted by Gasteiger charge is -2.21. The molecule has 0 saturated carbocycles. The average molecular weight is 341 g/mol. The van der Waals surface area contributed by atoms with Crippen LogP contribution in [0.2, 0.25) is 5.15 Å². The van der Waals surface area contributed by atoms with Crippen molar-refractivity contribution >= 4 is 28.8 Å². The van der Waals surface area contributed by atoms with Crippen LogP contribution in [0.5, 0.6) is 0 Å². The van der Waals surface area contributed by atoms with Crippen LogP contribution in [-0.4, -0.2) is 29.1 Å². The first-order chi connectivity index (χ1) is 10.5. The Balaban J connectivity index is 2.22. The first-order valence-electron chi connectivity index (χ1n) is 7.17. The predicted molar refractivity (Wildman–Crippen MR) is 90.8 cm³/mol. The van der Waals surface area contributed by atoms with Crippen molar-refractivity contribution in [3.8, 4) is 0 Å². The number of thiazole rings is 1. The molecule has 1 atom stereocenters. The van der Waals surface area contributed by atoms with Crippen molar-refractivity contribution in [1.29, 1.82) is 0 Å². The summed E-state index contributed by atoms with van der Waals surface area (Å²) >= 11 is 7.85. The van der Waals surface area contributed by atoms with Crippen LogP contribution >= 0.6 is 22.9 Å². The Labute approximate surface area is 140 Å². The Morgan fingerprint density at radius 3 is 2.73 bits per heavy atom. The van der Waals surface area contributed by atoms with Gasteiger partial charge in [-0.2, -0.15) is 0 Å². The molecule has 0 radical (unpaired) electrons. The van der Waals surface area contributed by atoms with E-state index < -0.39 is 0 Å². The molecule has 2 aromatic rings. The highest BCUT2D eigenvalue weighted by Gasteiger charge is 2.16. The van der Waals surface area contributed by atoms with Gasteiger partial charge in [0.15, 0.2) is 0 Å². The van der Waals surface area contributed by atoms with Gasteiger partial charge >= 0.3 is 0 Å². The number of hydrogen-bond acceptors (Lipinski definition) is 6. The molecule has 0 bridgehead atoms. The van der Waals surface area contributed by atoms with Crippen LogP contribution in [0.3, 0.4) is 0 Å². The molecule has 2 rings (SSSR count). The third-order valence-electron chi connectivity index (χ3n) is 3.43. The molecule has 2 aromatic heterocycles. The molecule has 5 nitrogen and oxygen atoms in total. The summed E-state index contributed by atoms with van der Waals surface area (Å²) in [6.07, 6.45) is 0.813. The van der Waals surface area contributed by atoms with Crippen LogP contribution in [0, 0.1) is 6.92 Å². The van der Waals surface area contributed by atoms with Crippen molar-refractivity contribution < 1.29 is 4.74 Å². The van der Waals surface area contributed by atoms with Crippen molar-refractivity contribution in [2.24, 2.45) is 0 Å². The number of hydrogen-bond donors (Lipinski definition) is 0. The summed E-state index contributed by atoms with van der Waals surface area (Å²) in [4.78, 5) is 15.5. The maximum absolute atomic E-state index is 6.24. The zero-order valence-electron chi connectivity index (χ0n) is 13.6. The highest BCUT2D eigenvalue weighted by atomic mass is 35.5. The minimum Gasteiger partial charge on any atom is -0.375 e. The van der Waals surface area contributed by atoms with E-state index in [0.29, 0.717) is 17.5 Å². The van der Waals surface area contributed by atoms with Gasteiger partial charge in [0.25, 0.3) is 0 Å². The Kier molecular flexibility index (Phi) is 5.72. The van der Waals surface area contributed by atoms with Crippen molar-refractivity contribution in [3.05, 3.63) is 32.6 Å². The van der Waals surface area contributed by atoms with Crippen LogP contribution in [-0.2, 0) is 17.7 Å². The van der Waals surface area contributed by atoms with E-state index in [1.807, 2.05) is 20.9 Å². The summed E-state index contributed by atoms with van der Waals surface area (Å²) in [5.74, 6) is 1.55. The van der Waals surface area contributed by atoms with Crippen LogP contribution in [0.15, 0.2) is 5.38 Å². The molecule has 7 heteroatoms. The zero-order chi connectivity index (χ0) is 16.3. The van der Waals surface area contributed by atoms with E-state index in [1.54, 1.807) is 18.4 Å². The summed E-state index contributed by atoms with van der Waals surface area (Å²) in [6, 6.07) is 0. The molecule has 1 unspecified atom stereocenters. The van der Waals surface area contributed by atoms with E-state index in [4.69, 9.17) is 16.3 Å². The molecule has 0 aliphatic heterocycles. The topological polar surface area (TPSA) is 51.1 Å². The number of ether oxygens (including phenoxy) is 1. The van der Waals surface area contributed by atoms with Crippen molar-refractivity contribution in [3.63, 3.8) is 0 Å². The van der Waals surface area contributed by atoms with E-state index in [1.165, 1.54) is 0 Å². The molecule has 22 heavy (non-hydrogen) atoms. The molecule has 120 valence electrons. The summed E-state index contributed by atoms with van der Waals surface area (Å²) in [5.41, 5.74) is 1.97. The van der Waals surface area contributed by atoms with E-state index in [-0.39, 0.29) is 6.10 Å². The minimum atomic E-state index is 0.0194. The summed E-state index contributed by atoms with van der Waals surface area (Å²) in [6.45, 7) is 6.57. The quantitative estimate of drug-likeness (QED) is 0.748. The van der Waals surface area contributed by atoms with Crippen molar-refractivity contribution in [2.45, 2.75) is 39.8 Å². The van der Waals surface area contributed by atoms with Crippen LogP contribution in [0.1, 0.15) is 42.0 Å². The van der Waals surface area contributed by atoms with E-state index in [0.717, 1.165) is 28.5 Å². The van der Waals surface area contributed by atoms with Gasteiger partial charge in [0, 0.05) is 25.1 Å². The first-order valence-corrected chi connectivity index (χ1v) is 8.43. The first kappa shape index (κ1) is 17.1. The molecule has 0 aromatic carbocycles. The Hall–Kier alpha value is -1.24. The van der Waals surface area contributed by atoms with E-state index >= 15 is 0 Å². The molecule has 0 saturated heterocycles. The van der Waals surface area contributed by atoms with E-state index in [2.05, 4.69) is 32.2 Å². The van der Waals surface area contributed by atoms with Crippen LogP contribution in [0.4, 0.5) is 5.82 Å². The number of aromatic nitrogens is 3. The third kappa shape index (κ3) is 3.74. The second kappa shape index (κ2) is 7.35. The van der Waals surface area contributed by atoms with Gasteiger partial charge in [0.05, 0.1) is 12.2 Å². The second-order valence-electron chi connectivity index (χ2n) is 5.13. The van der Waals surface area contributed by atoms with Gasteiger partial charge in [-0.1, -0.05) is 18.5 Å². The van der Waals surface area contributed by atoms with Gasteiger partial charge in [-0.25, -0.2) is 15.0 Å². The van der Waals surface area contributed by atoms with Gasteiger partial charge < -0.3 is 9.64 Å². The Morgan fingerprint density at radius 2 is 2.09 bits per heavy atom. The number of anilines is 1. The molecule has 0 aliphatic carbocycles. The number of rotatable bonds is 6. The average Bonchev–Trinajstić information content (AvgIpc) is 2.94. The van der Waals surface area contributed by atoms with Crippen molar-refractivity contribution in [2.75, 3.05) is 19.1 Å². The number of aryl methyl sites for hydroxylation is 1. The van der Waals surface area contributed by atoms with E-state index in [9.17, 15) is 0 Å². The predicted octanol–water partition coefficient (Wildman–Crippen LogP) is 3.80. The summed E-state index contributed by atoms with van der Waals surface area (Å²) < 4.78 is 5.30. The third-order valence-corrected chi connectivity index (χ3v) is 4.80. The largest absolute Gasteiger partial charge is 0.375 e. The molecule has 0 N–H and O–H groups in total. The highest BCUT2D eigenvalue weighted by Crippen LogP contribution is 2.26. The lowest BCUT2D eigenvalue weighted by Crippen LogP contribution is -2.20. The zero-order valence-corrected chi connectivity index (χ0v) is 15.1. The maximum Gasteiger partial charge on any atom is 0.138 e. The lowest BCUT2D eigenvalue weighted by molar-refractivity contribution is 0.119. The molecule has 0 fully saturated rings. The monoisotopic (exact) mass is 340 g/mol. The Morgan fingerprint density at radius 1 is 1.36 bits per heavy atom. The SMILES string of the molecule is CCc1c(Cl)nc(C)nc1N(C)Cc1csc(C(C)OC)n1. The molecule has 0 aliphatic rings. The normalized spacial score (nSPS) is 12.5. The van der Waals surface area contributed by atoms with Gasteiger partial charge in [-0.3, -0.25) is 0 Å². The van der Waals surface area contributed by atoms with Crippen LogP contribution in [0.25, 0.3) is 0 Å².